The lowest BCUT2D eigenvalue weighted by molar-refractivity contribution is 0.339. The molecule has 0 atom stereocenters. The Bertz CT molecular complexity index is 511. The fourth-order valence-electron chi connectivity index (χ4n) is 2.71. The lowest BCUT2D eigenvalue weighted by Crippen LogP contribution is -2.29. The van der Waals surface area contributed by atoms with Gasteiger partial charge in [-0.3, -0.25) is 5.10 Å². The van der Waals surface area contributed by atoms with E-state index in [-0.39, 0.29) is 0 Å². The monoisotopic (exact) mass is 244 g/mol. The Balaban J connectivity index is 1.59. The number of nitrogens with one attached hydrogen (secondary N) is 2. The van der Waals surface area contributed by atoms with Gasteiger partial charge in [-0.2, -0.15) is 5.10 Å². The van der Waals surface area contributed by atoms with Gasteiger partial charge < -0.3 is 11.1 Å². The van der Waals surface area contributed by atoms with E-state index in [1.807, 2.05) is 6.20 Å². The number of aromatic amines is 1. The summed E-state index contributed by atoms with van der Waals surface area (Å²) in [7, 11) is 0. The van der Waals surface area contributed by atoms with E-state index in [2.05, 4.69) is 33.7 Å². The van der Waals surface area contributed by atoms with Crippen molar-refractivity contribution in [1.29, 1.82) is 0 Å². The molecule has 0 saturated heterocycles. The van der Waals surface area contributed by atoms with Gasteiger partial charge in [-0.1, -0.05) is 0 Å². The van der Waals surface area contributed by atoms with E-state index in [0.29, 0.717) is 6.04 Å². The molecule has 1 heterocycles. The first-order valence-electron chi connectivity index (χ1n) is 6.74. The molecule has 0 radical (unpaired) electrons. The summed E-state index contributed by atoms with van der Waals surface area (Å²) in [5.41, 5.74) is 8.19. The SMILES string of the molecule is NC1CCC(CNc2ccc3[nH]ncc3c2)CC1. The zero-order valence-electron chi connectivity index (χ0n) is 10.5. The molecule has 1 aromatic carbocycles. The molecule has 18 heavy (non-hydrogen) atoms. The third-order valence-corrected chi connectivity index (χ3v) is 3.93. The highest BCUT2D eigenvalue weighted by Gasteiger charge is 2.17. The van der Waals surface area contributed by atoms with Gasteiger partial charge in [0.15, 0.2) is 0 Å². The van der Waals surface area contributed by atoms with Crippen molar-refractivity contribution in [3.8, 4) is 0 Å². The van der Waals surface area contributed by atoms with Crippen molar-refractivity contribution < 1.29 is 0 Å². The van der Waals surface area contributed by atoms with E-state index in [1.54, 1.807) is 0 Å². The standard InChI is InChI=1S/C14H20N4/c15-12-3-1-10(2-4-12)8-16-13-5-6-14-11(7-13)9-17-18-14/h5-7,9-10,12,16H,1-4,8,15H2,(H,17,18). The summed E-state index contributed by atoms with van der Waals surface area (Å²) in [6.45, 7) is 1.05. The van der Waals surface area contributed by atoms with E-state index in [9.17, 15) is 0 Å². The molecular formula is C14H20N4. The first-order valence-corrected chi connectivity index (χ1v) is 6.74. The van der Waals surface area contributed by atoms with E-state index in [0.717, 1.165) is 23.4 Å². The van der Waals surface area contributed by atoms with Crippen LogP contribution in [0.15, 0.2) is 24.4 Å². The van der Waals surface area contributed by atoms with Gasteiger partial charge in [0, 0.05) is 23.7 Å². The minimum atomic E-state index is 0.434. The number of hydrogen-bond acceptors (Lipinski definition) is 3. The maximum absolute atomic E-state index is 5.92. The molecule has 0 spiro atoms. The number of nitrogens with two attached hydrogens (primary N) is 1. The molecule has 4 heteroatoms. The van der Waals surface area contributed by atoms with Gasteiger partial charge in [0.2, 0.25) is 0 Å². The second-order valence-electron chi connectivity index (χ2n) is 5.33. The second kappa shape index (κ2) is 4.98. The van der Waals surface area contributed by atoms with Crippen LogP contribution in [0.1, 0.15) is 25.7 Å². The molecule has 4 nitrogen and oxygen atoms in total. The van der Waals surface area contributed by atoms with Crippen LogP contribution in [0.25, 0.3) is 10.9 Å². The van der Waals surface area contributed by atoms with Crippen LogP contribution < -0.4 is 11.1 Å². The third-order valence-electron chi connectivity index (χ3n) is 3.93. The molecular weight excluding hydrogens is 224 g/mol. The first kappa shape index (κ1) is 11.5. The fraction of sp³-hybridized carbons (Fsp3) is 0.500. The largest absolute Gasteiger partial charge is 0.385 e. The number of hydrogen-bond donors (Lipinski definition) is 3. The van der Waals surface area contributed by atoms with Crippen LogP contribution in [-0.2, 0) is 0 Å². The number of nitrogens with zero attached hydrogens (tertiary/aromatic N) is 1. The molecule has 3 rings (SSSR count). The Labute approximate surface area is 107 Å². The molecule has 0 unspecified atom stereocenters. The van der Waals surface area contributed by atoms with Crippen molar-refractivity contribution in [1.82, 2.24) is 10.2 Å². The predicted molar refractivity (Wildman–Crippen MR) is 74.5 cm³/mol. The lowest BCUT2D eigenvalue weighted by atomic mass is 9.86. The van der Waals surface area contributed by atoms with Crippen LogP contribution in [-0.4, -0.2) is 22.8 Å². The molecule has 96 valence electrons. The van der Waals surface area contributed by atoms with Gasteiger partial charge in [-0.05, 0) is 49.8 Å². The minimum absolute atomic E-state index is 0.434. The summed E-state index contributed by atoms with van der Waals surface area (Å²) < 4.78 is 0. The molecule has 1 fully saturated rings. The molecule has 0 amide bonds. The van der Waals surface area contributed by atoms with Crippen LogP contribution in [0.5, 0.6) is 0 Å². The Hall–Kier alpha value is -1.55. The van der Waals surface area contributed by atoms with Gasteiger partial charge in [-0.25, -0.2) is 0 Å². The molecule has 1 aromatic heterocycles. The summed E-state index contributed by atoms with van der Waals surface area (Å²) in [6.07, 6.45) is 6.71. The summed E-state index contributed by atoms with van der Waals surface area (Å²) in [6, 6.07) is 6.76. The average Bonchev–Trinajstić information content (AvgIpc) is 2.85. The smallest absolute Gasteiger partial charge is 0.0651 e. The Kier molecular flexibility index (Phi) is 3.19. The van der Waals surface area contributed by atoms with Gasteiger partial charge in [0.1, 0.15) is 0 Å². The van der Waals surface area contributed by atoms with E-state index < -0.39 is 0 Å². The summed E-state index contributed by atoms with van der Waals surface area (Å²) >= 11 is 0. The lowest BCUT2D eigenvalue weighted by Gasteiger charge is -2.26. The van der Waals surface area contributed by atoms with Crippen molar-refractivity contribution in [2.24, 2.45) is 11.7 Å². The average molecular weight is 244 g/mol. The van der Waals surface area contributed by atoms with Crippen LogP contribution in [0.2, 0.25) is 0 Å². The topological polar surface area (TPSA) is 66.7 Å². The van der Waals surface area contributed by atoms with Crippen LogP contribution in [0.4, 0.5) is 5.69 Å². The van der Waals surface area contributed by atoms with Crippen molar-refractivity contribution in [3.05, 3.63) is 24.4 Å². The third kappa shape index (κ3) is 2.48. The van der Waals surface area contributed by atoms with Gasteiger partial charge in [-0.15, -0.1) is 0 Å². The van der Waals surface area contributed by atoms with Crippen LogP contribution in [0, 0.1) is 5.92 Å². The maximum atomic E-state index is 5.92. The van der Waals surface area contributed by atoms with Gasteiger partial charge in [0.25, 0.3) is 0 Å². The van der Waals surface area contributed by atoms with Gasteiger partial charge >= 0.3 is 0 Å². The second-order valence-corrected chi connectivity index (χ2v) is 5.33. The highest BCUT2D eigenvalue weighted by Crippen LogP contribution is 2.24. The highest BCUT2D eigenvalue weighted by molar-refractivity contribution is 5.81. The summed E-state index contributed by atoms with van der Waals surface area (Å²) in [4.78, 5) is 0. The number of benzene rings is 1. The van der Waals surface area contributed by atoms with E-state index >= 15 is 0 Å². The molecule has 0 bridgehead atoms. The Morgan fingerprint density at radius 2 is 2.11 bits per heavy atom. The molecule has 4 N–H and O–H groups in total. The molecule has 0 aliphatic heterocycles. The van der Waals surface area contributed by atoms with Crippen molar-refractivity contribution in [2.45, 2.75) is 31.7 Å². The van der Waals surface area contributed by atoms with Crippen molar-refractivity contribution in [3.63, 3.8) is 0 Å². The Morgan fingerprint density at radius 1 is 1.28 bits per heavy atom. The number of rotatable bonds is 3. The zero-order chi connectivity index (χ0) is 12.4. The van der Waals surface area contributed by atoms with E-state index in [1.165, 1.54) is 31.4 Å². The number of anilines is 1. The summed E-state index contributed by atoms with van der Waals surface area (Å²) in [5.74, 6) is 0.768. The Morgan fingerprint density at radius 3 is 2.94 bits per heavy atom. The van der Waals surface area contributed by atoms with E-state index in [4.69, 9.17) is 5.73 Å². The number of fused-ring (bicyclic) bond motifs is 1. The normalized spacial score (nSPS) is 24.3. The number of H-pyrrole nitrogens is 1. The quantitative estimate of drug-likeness (QED) is 0.777. The zero-order valence-corrected chi connectivity index (χ0v) is 10.5. The van der Waals surface area contributed by atoms with Crippen molar-refractivity contribution >= 4 is 16.6 Å². The maximum Gasteiger partial charge on any atom is 0.0651 e. The van der Waals surface area contributed by atoms with Gasteiger partial charge in [0.05, 0.1) is 11.7 Å². The molecule has 1 saturated carbocycles. The first-order chi connectivity index (χ1) is 8.81. The minimum Gasteiger partial charge on any atom is -0.385 e. The molecule has 1 aliphatic rings. The summed E-state index contributed by atoms with van der Waals surface area (Å²) in [5, 5.41) is 11.7. The molecule has 2 aromatic rings. The van der Waals surface area contributed by atoms with Crippen molar-refractivity contribution in [2.75, 3.05) is 11.9 Å². The predicted octanol–water partition coefficient (Wildman–Crippen LogP) is 2.49. The van der Waals surface area contributed by atoms with Crippen LogP contribution in [0.3, 0.4) is 0 Å². The highest BCUT2D eigenvalue weighted by atomic mass is 15.1. The molecule has 1 aliphatic carbocycles. The number of aromatic nitrogens is 2. The fourth-order valence-corrected chi connectivity index (χ4v) is 2.71. The van der Waals surface area contributed by atoms with Crippen LogP contribution >= 0.6 is 0 Å².